The number of nitrogens with one attached hydrogen (secondary N) is 2. The predicted octanol–water partition coefficient (Wildman–Crippen LogP) is 3.70. The summed E-state index contributed by atoms with van der Waals surface area (Å²) >= 11 is 6.16. The van der Waals surface area contributed by atoms with Gasteiger partial charge in [-0.25, -0.2) is 0 Å². The molecule has 0 saturated carbocycles. The number of anilines is 1. The lowest BCUT2D eigenvalue weighted by molar-refractivity contribution is -0.120. The standard InChI is InChI=1S/C18H19ClN2O2/c1-12-6-7-16(14(19)10-12)20-11-18(22)21-15-8-9-23-17-5-3-2-4-13(15)17/h2-7,10,15,20H,8-9,11H2,1H3,(H,21,22). The Bertz CT molecular complexity index is 718. The molecule has 1 atom stereocenters. The van der Waals surface area contributed by atoms with Crippen LogP contribution in [0.15, 0.2) is 42.5 Å². The molecule has 1 aliphatic rings. The Morgan fingerprint density at radius 1 is 1.30 bits per heavy atom. The van der Waals surface area contributed by atoms with Gasteiger partial charge < -0.3 is 15.4 Å². The van der Waals surface area contributed by atoms with E-state index in [1.165, 1.54) is 0 Å². The van der Waals surface area contributed by atoms with Crippen molar-refractivity contribution in [2.45, 2.75) is 19.4 Å². The van der Waals surface area contributed by atoms with Crippen LogP contribution in [0.3, 0.4) is 0 Å². The van der Waals surface area contributed by atoms with Crippen LogP contribution in [0.1, 0.15) is 23.6 Å². The number of carbonyl (C=O) groups excluding carboxylic acids is 1. The Morgan fingerprint density at radius 3 is 2.96 bits per heavy atom. The molecule has 0 saturated heterocycles. The summed E-state index contributed by atoms with van der Waals surface area (Å²) in [5.41, 5.74) is 2.88. The van der Waals surface area contributed by atoms with Crippen LogP contribution in [0.4, 0.5) is 5.69 Å². The number of hydrogen-bond donors (Lipinski definition) is 2. The molecule has 2 aromatic carbocycles. The minimum atomic E-state index is -0.0663. The molecule has 0 bridgehead atoms. The molecule has 2 aromatic rings. The van der Waals surface area contributed by atoms with Gasteiger partial charge in [0.05, 0.1) is 29.9 Å². The number of halogens is 1. The van der Waals surface area contributed by atoms with Crippen molar-refractivity contribution in [2.75, 3.05) is 18.5 Å². The molecule has 0 aliphatic carbocycles. The highest BCUT2D eigenvalue weighted by atomic mass is 35.5. The van der Waals surface area contributed by atoms with Crippen LogP contribution >= 0.6 is 11.6 Å². The minimum absolute atomic E-state index is 0.0114. The van der Waals surface area contributed by atoms with Crippen molar-refractivity contribution < 1.29 is 9.53 Å². The van der Waals surface area contributed by atoms with Gasteiger partial charge in [-0.15, -0.1) is 0 Å². The summed E-state index contributed by atoms with van der Waals surface area (Å²) in [6, 6.07) is 13.5. The summed E-state index contributed by atoms with van der Waals surface area (Å²) in [7, 11) is 0. The lowest BCUT2D eigenvalue weighted by atomic mass is 10.0. The van der Waals surface area contributed by atoms with Crippen LogP contribution < -0.4 is 15.4 Å². The second-order valence-corrected chi connectivity index (χ2v) is 6.04. The van der Waals surface area contributed by atoms with E-state index in [0.717, 1.165) is 29.0 Å². The largest absolute Gasteiger partial charge is 0.493 e. The maximum absolute atomic E-state index is 12.2. The van der Waals surface area contributed by atoms with Crippen LogP contribution in [-0.4, -0.2) is 19.1 Å². The van der Waals surface area contributed by atoms with Crippen molar-refractivity contribution >= 4 is 23.2 Å². The first-order valence-electron chi connectivity index (χ1n) is 7.64. The van der Waals surface area contributed by atoms with E-state index in [4.69, 9.17) is 16.3 Å². The van der Waals surface area contributed by atoms with Gasteiger partial charge in [-0.2, -0.15) is 0 Å². The van der Waals surface area contributed by atoms with Crippen LogP contribution in [0, 0.1) is 6.92 Å². The first-order chi connectivity index (χ1) is 11.1. The molecule has 1 aliphatic heterocycles. The van der Waals surface area contributed by atoms with Crippen molar-refractivity contribution in [3.05, 3.63) is 58.6 Å². The molecule has 1 amide bonds. The average Bonchev–Trinajstić information content (AvgIpc) is 2.54. The van der Waals surface area contributed by atoms with Crippen molar-refractivity contribution in [1.29, 1.82) is 0 Å². The third kappa shape index (κ3) is 3.77. The summed E-state index contributed by atoms with van der Waals surface area (Å²) in [6.07, 6.45) is 0.772. The first-order valence-corrected chi connectivity index (χ1v) is 8.02. The maximum atomic E-state index is 12.2. The predicted molar refractivity (Wildman–Crippen MR) is 92.1 cm³/mol. The molecule has 1 unspecified atom stereocenters. The van der Waals surface area contributed by atoms with E-state index in [1.54, 1.807) is 0 Å². The van der Waals surface area contributed by atoms with Gasteiger partial charge in [0.25, 0.3) is 0 Å². The van der Waals surface area contributed by atoms with Gasteiger partial charge in [0, 0.05) is 12.0 Å². The van der Waals surface area contributed by atoms with E-state index in [0.29, 0.717) is 11.6 Å². The van der Waals surface area contributed by atoms with Crippen molar-refractivity contribution in [2.24, 2.45) is 0 Å². The Kier molecular flexibility index (Phi) is 4.72. The van der Waals surface area contributed by atoms with Crippen molar-refractivity contribution in [1.82, 2.24) is 5.32 Å². The third-order valence-electron chi connectivity index (χ3n) is 3.86. The Balaban J connectivity index is 1.60. The van der Waals surface area contributed by atoms with E-state index in [-0.39, 0.29) is 18.5 Å². The van der Waals surface area contributed by atoms with Crippen LogP contribution in [0.25, 0.3) is 0 Å². The topological polar surface area (TPSA) is 50.4 Å². The summed E-state index contributed by atoms with van der Waals surface area (Å²) in [4.78, 5) is 12.2. The van der Waals surface area contributed by atoms with Crippen molar-refractivity contribution in [3.63, 3.8) is 0 Å². The van der Waals surface area contributed by atoms with Crippen LogP contribution in [-0.2, 0) is 4.79 Å². The first kappa shape index (κ1) is 15.7. The van der Waals surface area contributed by atoms with Gasteiger partial charge in [0.2, 0.25) is 5.91 Å². The molecule has 0 aromatic heterocycles. The smallest absolute Gasteiger partial charge is 0.239 e. The molecule has 2 N–H and O–H groups in total. The van der Waals surface area contributed by atoms with Crippen LogP contribution in [0.5, 0.6) is 5.75 Å². The van der Waals surface area contributed by atoms with Crippen molar-refractivity contribution in [3.8, 4) is 5.75 Å². The molecule has 0 radical (unpaired) electrons. The number of benzene rings is 2. The number of amides is 1. The maximum Gasteiger partial charge on any atom is 0.239 e. The molecule has 120 valence electrons. The SMILES string of the molecule is Cc1ccc(NCC(=O)NC2CCOc3ccccc32)c(Cl)c1. The fraction of sp³-hybridized carbons (Fsp3) is 0.278. The Labute approximate surface area is 140 Å². The lowest BCUT2D eigenvalue weighted by Gasteiger charge is -2.26. The van der Waals surface area contributed by atoms with E-state index >= 15 is 0 Å². The van der Waals surface area contributed by atoms with Gasteiger partial charge in [0.15, 0.2) is 0 Å². The van der Waals surface area contributed by atoms with Gasteiger partial charge >= 0.3 is 0 Å². The van der Waals surface area contributed by atoms with Gasteiger partial charge in [0.1, 0.15) is 5.75 Å². The summed E-state index contributed by atoms with van der Waals surface area (Å²) in [5, 5.41) is 6.75. The average molecular weight is 331 g/mol. The van der Waals surface area contributed by atoms with Gasteiger partial charge in [-0.05, 0) is 30.7 Å². The zero-order valence-corrected chi connectivity index (χ0v) is 13.7. The highest BCUT2D eigenvalue weighted by molar-refractivity contribution is 6.33. The summed E-state index contributed by atoms with van der Waals surface area (Å²) in [5.74, 6) is 0.780. The van der Waals surface area contributed by atoms with Gasteiger partial charge in [-0.1, -0.05) is 35.9 Å². The molecule has 0 spiro atoms. The number of para-hydroxylation sites is 1. The second kappa shape index (κ2) is 6.92. The number of fused-ring (bicyclic) bond motifs is 1. The second-order valence-electron chi connectivity index (χ2n) is 5.63. The zero-order valence-electron chi connectivity index (χ0n) is 12.9. The fourth-order valence-corrected chi connectivity index (χ4v) is 2.98. The summed E-state index contributed by atoms with van der Waals surface area (Å²) in [6.45, 7) is 2.77. The lowest BCUT2D eigenvalue weighted by Crippen LogP contribution is -2.35. The fourth-order valence-electron chi connectivity index (χ4n) is 2.68. The molecule has 1 heterocycles. The third-order valence-corrected chi connectivity index (χ3v) is 4.17. The monoisotopic (exact) mass is 330 g/mol. The molecule has 5 heteroatoms. The number of rotatable bonds is 4. The number of carbonyl (C=O) groups is 1. The molecular formula is C18H19ClN2O2. The Morgan fingerprint density at radius 2 is 2.13 bits per heavy atom. The molecule has 3 rings (SSSR count). The van der Waals surface area contributed by atoms with E-state index < -0.39 is 0 Å². The Hall–Kier alpha value is -2.20. The normalized spacial score (nSPS) is 16.2. The number of ether oxygens (including phenoxy) is 1. The molecular weight excluding hydrogens is 312 g/mol. The quantitative estimate of drug-likeness (QED) is 0.898. The molecule has 4 nitrogen and oxygen atoms in total. The zero-order chi connectivity index (χ0) is 16.2. The number of aryl methyl sites for hydroxylation is 1. The van der Waals surface area contributed by atoms with E-state index in [1.807, 2.05) is 49.4 Å². The molecule has 23 heavy (non-hydrogen) atoms. The highest BCUT2D eigenvalue weighted by Crippen LogP contribution is 2.31. The molecule has 0 fully saturated rings. The van der Waals surface area contributed by atoms with Crippen LogP contribution in [0.2, 0.25) is 5.02 Å². The number of hydrogen-bond acceptors (Lipinski definition) is 3. The minimum Gasteiger partial charge on any atom is -0.493 e. The van der Waals surface area contributed by atoms with Gasteiger partial charge in [-0.3, -0.25) is 4.79 Å². The summed E-state index contributed by atoms with van der Waals surface area (Å²) < 4.78 is 5.61. The highest BCUT2D eigenvalue weighted by Gasteiger charge is 2.22. The van der Waals surface area contributed by atoms with E-state index in [9.17, 15) is 4.79 Å². The van der Waals surface area contributed by atoms with E-state index in [2.05, 4.69) is 10.6 Å².